The molecule has 1 aliphatic heterocycles. The number of hydrogen-bond acceptors (Lipinski definition) is 5. The summed E-state index contributed by atoms with van der Waals surface area (Å²) in [6.07, 6.45) is 0.124. The smallest absolute Gasteiger partial charge is 0.384 e. The number of carbonyl (C=O) groups excluding carboxylic acids is 1. The number of alkyl halides is 3. The van der Waals surface area contributed by atoms with E-state index >= 15 is 0 Å². The first-order valence-electron chi connectivity index (χ1n) is 12.3. The molecule has 196 valence electrons. The summed E-state index contributed by atoms with van der Waals surface area (Å²) in [5.74, 6) is -0.00295. The third-order valence-corrected chi connectivity index (χ3v) is 7.56. The second-order valence-electron chi connectivity index (χ2n) is 10.2. The minimum Gasteiger partial charge on any atom is -0.384 e. The summed E-state index contributed by atoms with van der Waals surface area (Å²) in [5.41, 5.74) is 1.14. The van der Waals surface area contributed by atoms with Crippen LogP contribution in [0.4, 0.5) is 18.9 Å². The van der Waals surface area contributed by atoms with Gasteiger partial charge in [-0.15, -0.1) is 10.2 Å². The zero-order chi connectivity index (χ0) is 26.4. The third kappa shape index (κ3) is 4.87. The highest BCUT2D eigenvalue weighted by atomic mass is 19.4. The number of amides is 1. The molecule has 2 aromatic carbocycles. The van der Waals surface area contributed by atoms with Crippen molar-refractivity contribution in [1.82, 2.24) is 20.1 Å². The van der Waals surface area contributed by atoms with Crippen molar-refractivity contribution in [3.8, 4) is 0 Å². The van der Waals surface area contributed by atoms with Crippen LogP contribution in [0.25, 0.3) is 0 Å². The molecule has 0 saturated heterocycles. The lowest BCUT2D eigenvalue weighted by atomic mass is 9.78. The number of anilines is 1. The number of nitrogens with zero attached hydrogens (tertiary/aromatic N) is 4. The van der Waals surface area contributed by atoms with Crippen LogP contribution in [-0.4, -0.2) is 39.9 Å². The van der Waals surface area contributed by atoms with Crippen LogP contribution < -0.4 is 10.2 Å². The van der Waals surface area contributed by atoms with E-state index in [1.165, 1.54) is 11.0 Å². The van der Waals surface area contributed by atoms with Crippen LogP contribution in [-0.2, 0) is 31.1 Å². The molecular formula is C27H30F3N5O2. The van der Waals surface area contributed by atoms with Gasteiger partial charge in [-0.05, 0) is 67.1 Å². The lowest BCUT2D eigenvalue weighted by Crippen LogP contribution is -2.47. The molecule has 37 heavy (non-hydrogen) atoms. The second kappa shape index (κ2) is 9.57. The maximum atomic E-state index is 14.1. The van der Waals surface area contributed by atoms with Gasteiger partial charge in [-0.1, -0.05) is 12.1 Å². The first kappa shape index (κ1) is 25.4. The minimum atomic E-state index is -4.56. The van der Waals surface area contributed by atoms with Crippen molar-refractivity contribution >= 4 is 11.6 Å². The first-order chi connectivity index (χ1) is 17.6. The molecule has 3 aromatic rings. The zero-order valence-corrected chi connectivity index (χ0v) is 21.1. The average Bonchev–Trinajstić information content (AvgIpc) is 3.42. The van der Waals surface area contributed by atoms with Gasteiger partial charge < -0.3 is 19.5 Å². The number of methoxy groups -OCH3 is 1. The Morgan fingerprint density at radius 2 is 2.00 bits per heavy atom. The summed E-state index contributed by atoms with van der Waals surface area (Å²) < 4.78 is 49.5. The van der Waals surface area contributed by atoms with Gasteiger partial charge >= 0.3 is 6.18 Å². The summed E-state index contributed by atoms with van der Waals surface area (Å²) in [6.45, 7) is 2.55. The van der Waals surface area contributed by atoms with Gasteiger partial charge in [0.05, 0.1) is 24.6 Å². The quantitative estimate of drug-likeness (QED) is 0.468. The Labute approximate surface area is 213 Å². The molecule has 1 fully saturated rings. The molecule has 1 aliphatic carbocycles. The molecule has 0 unspecified atom stereocenters. The fraction of sp³-hybridized carbons (Fsp3) is 0.444. The predicted molar refractivity (Wildman–Crippen MR) is 132 cm³/mol. The van der Waals surface area contributed by atoms with Crippen molar-refractivity contribution in [3.05, 3.63) is 76.4 Å². The molecule has 1 amide bonds. The van der Waals surface area contributed by atoms with E-state index < -0.39 is 17.6 Å². The Morgan fingerprint density at radius 3 is 2.62 bits per heavy atom. The van der Waals surface area contributed by atoms with E-state index in [0.29, 0.717) is 23.7 Å². The van der Waals surface area contributed by atoms with Crippen LogP contribution >= 0.6 is 0 Å². The molecule has 2 heterocycles. The Kier molecular flexibility index (Phi) is 6.57. The van der Waals surface area contributed by atoms with E-state index in [-0.39, 0.29) is 35.7 Å². The first-order valence-corrected chi connectivity index (χ1v) is 12.3. The molecule has 1 aromatic heterocycles. The summed E-state index contributed by atoms with van der Waals surface area (Å²) in [5, 5.41) is 11.5. The maximum absolute atomic E-state index is 14.1. The molecule has 0 radical (unpaired) electrons. The van der Waals surface area contributed by atoms with E-state index in [0.717, 1.165) is 24.8 Å². The van der Waals surface area contributed by atoms with Gasteiger partial charge in [0.25, 0.3) is 5.91 Å². The Balaban J connectivity index is 1.47. The number of carbonyl (C=O) groups is 1. The highest BCUT2D eigenvalue weighted by molar-refractivity contribution is 6.10. The molecule has 7 nitrogen and oxygen atoms in total. The molecule has 1 saturated carbocycles. The number of aryl methyl sites for hydroxylation is 1. The van der Waals surface area contributed by atoms with Crippen molar-refractivity contribution < 1.29 is 22.7 Å². The van der Waals surface area contributed by atoms with Crippen LogP contribution in [0.15, 0.2) is 42.7 Å². The molecule has 0 spiro atoms. The Hall–Kier alpha value is -3.24. The lowest BCUT2D eigenvalue weighted by molar-refractivity contribution is -0.138. The van der Waals surface area contributed by atoms with Crippen molar-refractivity contribution in [3.63, 3.8) is 0 Å². The average molecular weight is 514 g/mol. The standard InChI is InChI=1S/C27H30F3N5O2/c1-26(8-5-9-26)31-13-17-10-20-21(23(11-17)27(28,29)30)14-35(25(20)36)19-7-4-6-18(12-19)22(15-37-3)24-33-32-16-34(24)2/h4,6-7,10-12,16,22,31H,5,8-9,13-15H2,1-3H3/t22-/m0/s1. The number of ether oxygens (including phenoxy) is 1. The summed E-state index contributed by atoms with van der Waals surface area (Å²) in [6, 6.07) is 10.0. The number of halogens is 3. The predicted octanol–water partition coefficient (Wildman–Crippen LogP) is 4.80. The number of rotatable bonds is 8. The van der Waals surface area contributed by atoms with Crippen LogP contribution in [0.2, 0.25) is 0 Å². The molecule has 10 heteroatoms. The largest absolute Gasteiger partial charge is 0.416 e. The highest BCUT2D eigenvalue weighted by Crippen LogP contribution is 2.40. The van der Waals surface area contributed by atoms with Gasteiger partial charge in [-0.3, -0.25) is 4.79 Å². The van der Waals surface area contributed by atoms with Crippen molar-refractivity contribution in [2.24, 2.45) is 7.05 Å². The SMILES string of the molecule is COC[C@@H](c1cccc(N2Cc3c(cc(CNC4(C)CCC4)cc3C(F)(F)F)C2=O)c1)c1nncn1C. The summed E-state index contributed by atoms with van der Waals surface area (Å²) >= 11 is 0. The van der Waals surface area contributed by atoms with E-state index in [2.05, 4.69) is 22.4 Å². The topological polar surface area (TPSA) is 72.3 Å². The van der Waals surface area contributed by atoms with Gasteiger partial charge in [0.2, 0.25) is 0 Å². The van der Waals surface area contributed by atoms with E-state index in [1.54, 1.807) is 36.2 Å². The number of benzene rings is 2. The molecule has 1 N–H and O–H groups in total. The minimum absolute atomic E-state index is 0.0169. The zero-order valence-electron chi connectivity index (χ0n) is 21.1. The Bertz CT molecular complexity index is 1320. The van der Waals surface area contributed by atoms with Crippen molar-refractivity contribution in [2.45, 2.75) is 56.9 Å². The van der Waals surface area contributed by atoms with Gasteiger partial charge in [-0.25, -0.2) is 0 Å². The number of aromatic nitrogens is 3. The number of fused-ring (bicyclic) bond motifs is 1. The molecule has 2 aliphatic rings. The second-order valence-corrected chi connectivity index (χ2v) is 10.2. The van der Waals surface area contributed by atoms with E-state index in [4.69, 9.17) is 4.74 Å². The fourth-order valence-corrected chi connectivity index (χ4v) is 5.23. The maximum Gasteiger partial charge on any atom is 0.416 e. The van der Waals surface area contributed by atoms with Gasteiger partial charge in [-0.2, -0.15) is 13.2 Å². The van der Waals surface area contributed by atoms with Crippen molar-refractivity contribution in [1.29, 1.82) is 0 Å². The normalized spacial score (nSPS) is 17.6. The number of nitrogens with one attached hydrogen (secondary N) is 1. The van der Waals surface area contributed by atoms with Crippen LogP contribution in [0.1, 0.15) is 70.5 Å². The molecular weight excluding hydrogens is 483 g/mol. The van der Waals surface area contributed by atoms with Crippen LogP contribution in [0.5, 0.6) is 0 Å². The molecule has 5 rings (SSSR count). The highest BCUT2D eigenvalue weighted by Gasteiger charge is 2.41. The fourth-order valence-electron chi connectivity index (χ4n) is 5.23. The van der Waals surface area contributed by atoms with E-state index in [9.17, 15) is 18.0 Å². The van der Waals surface area contributed by atoms with Crippen LogP contribution in [0, 0.1) is 0 Å². The summed E-state index contributed by atoms with van der Waals surface area (Å²) in [7, 11) is 3.42. The van der Waals surface area contributed by atoms with Gasteiger partial charge in [0.1, 0.15) is 12.2 Å². The molecule has 1 atom stereocenters. The van der Waals surface area contributed by atoms with Crippen LogP contribution in [0.3, 0.4) is 0 Å². The third-order valence-electron chi connectivity index (χ3n) is 7.56. The van der Waals surface area contributed by atoms with Gasteiger partial charge in [0, 0.05) is 37.5 Å². The lowest BCUT2D eigenvalue weighted by Gasteiger charge is -2.39. The Morgan fingerprint density at radius 1 is 1.22 bits per heavy atom. The molecule has 0 bridgehead atoms. The van der Waals surface area contributed by atoms with E-state index in [1.807, 2.05) is 19.2 Å². The van der Waals surface area contributed by atoms with Gasteiger partial charge in [0.15, 0.2) is 0 Å². The monoisotopic (exact) mass is 513 g/mol. The number of hydrogen-bond donors (Lipinski definition) is 1. The van der Waals surface area contributed by atoms with Crippen molar-refractivity contribution in [2.75, 3.05) is 18.6 Å². The summed E-state index contributed by atoms with van der Waals surface area (Å²) in [4.78, 5) is 14.9.